The standard InChI is InChI=1S/C16H18N2O4S/c19-13(20)10-18-11-6-2-3-7-12(11)23-14(16(18)22)15(21)17-8-4-1-5-9-17/h2-3,6-7,14H,1,4-5,8-10H2,(H,19,20)/t14-/m1/s1. The molecule has 3 rings (SSSR count). The van der Waals surface area contributed by atoms with Crippen LogP contribution in [0, 0.1) is 0 Å². The van der Waals surface area contributed by atoms with Gasteiger partial charge in [-0.25, -0.2) is 0 Å². The molecule has 0 aliphatic carbocycles. The molecular formula is C16H18N2O4S. The lowest BCUT2D eigenvalue weighted by atomic mass is 10.1. The molecular weight excluding hydrogens is 316 g/mol. The van der Waals surface area contributed by atoms with E-state index in [1.54, 1.807) is 17.0 Å². The predicted octanol–water partition coefficient (Wildman–Crippen LogP) is 1.59. The number of aliphatic carboxylic acids is 1. The van der Waals surface area contributed by atoms with Gasteiger partial charge in [0, 0.05) is 18.0 Å². The van der Waals surface area contributed by atoms with Crippen molar-refractivity contribution in [3.05, 3.63) is 24.3 Å². The number of carboxylic acid groups (broad SMARTS) is 1. The topological polar surface area (TPSA) is 77.9 Å². The molecule has 1 N–H and O–H groups in total. The van der Waals surface area contributed by atoms with Crippen LogP contribution < -0.4 is 4.90 Å². The number of piperidine rings is 1. The van der Waals surface area contributed by atoms with Gasteiger partial charge in [-0.3, -0.25) is 19.3 Å². The number of anilines is 1. The highest BCUT2D eigenvalue weighted by atomic mass is 32.2. The van der Waals surface area contributed by atoms with Gasteiger partial charge < -0.3 is 10.0 Å². The quantitative estimate of drug-likeness (QED) is 0.850. The molecule has 2 aliphatic rings. The summed E-state index contributed by atoms with van der Waals surface area (Å²) in [4.78, 5) is 40.2. The Hall–Kier alpha value is -2.02. The lowest BCUT2D eigenvalue weighted by molar-refractivity contribution is -0.139. The van der Waals surface area contributed by atoms with Crippen molar-refractivity contribution in [1.82, 2.24) is 4.90 Å². The molecule has 0 bridgehead atoms. The highest BCUT2D eigenvalue weighted by Crippen LogP contribution is 2.39. The van der Waals surface area contributed by atoms with Crippen molar-refractivity contribution in [1.29, 1.82) is 0 Å². The van der Waals surface area contributed by atoms with Crippen molar-refractivity contribution < 1.29 is 19.5 Å². The average molecular weight is 334 g/mol. The number of fused-ring (bicyclic) bond motifs is 1. The Morgan fingerprint density at radius 3 is 2.57 bits per heavy atom. The summed E-state index contributed by atoms with van der Waals surface area (Å²) >= 11 is 1.22. The summed E-state index contributed by atoms with van der Waals surface area (Å²) < 4.78 is 0. The molecule has 0 spiro atoms. The molecule has 0 saturated carbocycles. The molecule has 2 heterocycles. The molecule has 1 fully saturated rings. The number of rotatable bonds is 3. The van der Waals surface area contributed by atoms with Crippen molar-refractivity contribution in [3.8, 4) is 0 Å². The fourth-order valence-corrected chi connectivity index (χ4v) is 4.14. The van der Waals surface area contributed by atoms with E-state index in [9.17, 15) is 14.4 Å². The Morgan fingerprint density at radius 1 is 1.17 bits per heavy atom. The molecule has 2 amide bonds. The summed E-state index contributed by atoms with van der Waals surface area (Å²) in [5.41, 5.74) is 0.563. The van der Waals surface area contributed by atoms with Gasteiger partial charge in [0.15, 0.2) is 5.25 Å². The van der Waals surface area contributed by atoms with E-state index in [1.807, 2.05) is 12.1 Å². The molecule has 1 aromatic rings. The van der Waals surface area contributed by atoms with E-state index in [-0.39, 0.29) is 5.91 Å². The first-order valence-electron chi connectivity index (χ1n) is 7.65. The predicted molar refractivity (Wildman–Crippen MR) is 86.5 cm³/mol. The number of carbonyl (C=O) groups is 3. The van der Waals surface area contributed by atoms with Crippen LogP contribution in [0.25, 0.3) is 0 Å². The van der Waals surface area contributed by atoms with Crippen LogP contribution >= 0.6 is 11.8 Å². The molecule has 1 aromatic carbocycles. The van der Waals surface area contributed by atoms with Gasteiger partial charge in [0.25, 0.3) is 5.91 Å². The second-order valence-corrected chi connectivity index (χ2v) is 6.82. The maximum Gasteiger partial charge on any atom is 0.323 e. The maximum atomic E-state index is 12.7. The summed E-state index contributed by atoms with van der Waals surface area (Å²) in [6.45, 7) is 0.910. The fourth-order valence-electron chi connectivity index (χ4n) is 2.95. The van der Waals surface area contributed by atoms with E-state index in [0.29, 0.717) is 18.8 Å². The second-order valence-electron chi connectivity index (χ2n) is 5.67. The highest BCUT2D eigenvalue weighted by molar-refractivity contribution is 8.01. The molecule has 6 nitrogen and oxygen atoms in total. The third-order valence-electron chi connectivity index (χ3n) is 4.08. The zero-order chi connectivity index (χ0) is 16.4. The number of carboxylic acids is 1. The van der Waals surface area contributed by atoms with E-state index in [0.717, 1.165) is 24.2 Å². The van der Waals surface area contributed by atoms with Crippen molar-refractivity contribution in [2.45, 2.75) is 29.4 Å². The Bertz CT molecular complexity index is 643. The average Bonchev–Trinajstić information content (AvgIpc) is 2.57. The third kappa shape index (κ3) is 3.19. The lowest BCUT2D eigenvalue weighted by Gasteiger charge is -2.35. The van der Waals surface area contributed by atoms with Crippen molar-refractivity contribution in [2.75, 3.05) is 24.5 Å². The molecule has 0 aromatic heterocycles. The largest absolute Gasteiger partial charge is 0.480 e. The number of carbonyl (C=O) groups excluding carboxylic acids is 2. The number of nitrogens with zero attached hydrogens (tertiary/aromatic N) is 2. The summed E-state index contributed by atoms with van der Waals surface area (Å²) in [5.74, 6) is -1.74. The molecule has 23 heavy (non-hydrogen) atoms. The molecule has 7 heteroatoms. The van der Waals surface area contributed by atoms with Crippen molar-refractivity contribution in [3.63, 3.8) is 0 Å². The van der Waals surface area contributed by atoms with Crippen molar-refractivity contribution in [2.24, 2.45) is 0 Å². The van der Waals surface area contributed by atoms with Gasteiger partial charge in [-0.15, -0.1) is 11.8 Å². The van der Waals surface area contributed by atoms with Gasteiger partial charge >= 0.3 is 5.97 Å². The normalized spacial score (nSPS) is 21.0. The zero-order valence-corrected chi connectivity index (χ0v) is 13.4. The monoisotopic (exact) mass is 334 g/mol. The minimum absolute atomic E-state index is 0.204. The first-order valence-corrected chi connectivity index (χ1v) is 8.53. The van der Waals surface area contributed by atoms with Crippen LogP contribution in [0.4, 0.5) is 5.69 Å². The van der Waals surface area contributed by atoms with Crippen LogP contribution in [-0.4, -0.2) is 52.7 Å². The van der Waals surface area contributed by atoms with Gasteiger partial charge in [0.1, 0.15) is 6.54 Å². The first-order chi connectivity index (χ1) is 11.1. The van der Waals surface area contributed by atoms with Gasteiger partial charge in [-0.1, -0.05) is 12.1 Å². The Balaban J connectivity index is 1.89. The van der Waals surface area contributed by atoms with Crippen LogP contribution in [0.1, 0.15) is 19.3 Å². The number of hydrogen-bond acceptors (Lipinski definition) is 4. The SMILES string of the molecule is O=C(O)CN1C(=O)[C@@H](C(=O)N2CCCCC2)Sc2ccccc21. The Morgan fingerprint density at radius 2 is 1.87 bits per heavy atom. The van der Waals surface area contributed by atoms with Gasteiger partial charge in [0.05, 0.1) is 5.69 Å². The highest BCUT2D eigenvalue weighted by Gasteiger charge is 2.40. The van der Waals surface area contributed by atoms with E-state index in [2.05, 4.69) is 0 Å². The van der Waals surface area contributed by atoms with E-state index in [4.69, 9.17) is 5.11 Å². The van der Waals surface area contributed by atoms with E-state index >= 15 is 0 Å². The summed E-state index contributed by atoms with van der Waals surface area (Å²) in [5, 5.41) is 8.20. The van der Waals surface area contributed by atoms with Crippen LogP contribution in [0.15, 0.2) is 29.2 Å². The first kappa shape index (κ1) is 15.9. The number of para-hydroxylation sites is 1. The van der Waals surface area contributed by atoms with E-state index in [1.165, 1.54) is 16.7 Å². The van der Waals surface area contributed by atoms with Gasteiger partial charge in [-0.05, 0) is 31.4 Å². The molecule has 2 aliphatic heterocycles. The zero-order valence-electron chi connectivity index (χ0n) is 12.6. The molecule has 1 atom stereocenters. The fraction of sp³-hybridized carbons (Fsp3) is 0.438. The van der Waals surface area contributed by atoms with Crippen LogP contribution in [0.2, 0.25) is 0 Å². The number of hydrogen-bond donors (Lipinski definition) is 1. The van der Waals surface area contributed by atoms with E-state index < -0.39 is 23.7 Å². The number of benzene rings is 1. The minimum Gasteiger partial charge on any atom is -0.480 e. The number of likely N-dealkylation sites (tertiary alicyclic amines) is 1. The van der Waals surface area contributed by atoms with Gasteiger partial charge in [-0.2, -0.15) is 0 Å². The van der Waals surface area contributed by atoms with Crippen LogP contribution in [0.5, 0.6) is 0 Å². The second kappa shape index (κ2) is 6.62. The van der Waals surface area contributed by atoms with Gasteiger partial charge in [0.2, 0.25) is 5.91 Å². The van der Waals surface area contributed by atoms with Crippen molar-refractivity contribution >= 4 is 35.2 Å². The minimum atomic E-state index is -1.09. The third-order valence-corrected chi connectivity index (χ3v) is 5.31. The Labute approximate surface area is 138 Å². The molecule has 0 radical (unpaired) electrons. The van der Waals surface area contributed by atoms with Crippen LogP contribution in [-0.2, 0) is 14.4 Å². The lowest BCUT2D eigenvalue weighted by Crippen LogP contribution is -2.51. The number of thioether (sulfide) groups is 1. The molecule has 1 saturated heterocycles. The molecule has 0 unspecified atom stereocenters. The summed E-state index contributed by atoms with van der Waals surface area (Å²) in [6, 6.07) is 7.11. The summed E-state index contributed by atoms with van der Waals surface area (Å²) in [7, 11) is 0. The number of amides is 2. The molecule has 122 valence electrons. The summed E-state index contributed by atoms with van der Waals surface area (Å²) in [6.07, 6.45) is 3.00. The maximum absolute atomic E-state index is 12.7. The van der Waals surface area contributed by atoms with Crippen LogP contribution in [0.3, 0.4) is 0 Å². The smallest absolute Gasteiger partial charge is 0.323 e. The Kier molecular flexibility index (Phi) is 4.56.